The number of carbonyl (C=O) groups is 5. The van der Waals surface area contributed by atoms with Gasteiger partial charge in [0, 0.05) is 33.2 Å². The van der Waals surface area contributed by atoms with Gasteiger partial charge in [-0.05, 0) is 37.3 Å². The van der Waals surface area contributed by atoms with Crippen molar-refractivity contribution in [3.05, 3.63) is 29.8 Å². The van der Waals surface area contributed by atoms with Crippen molar-refractivity contribution in [3.8, 4) is 5.75 Å². The van der Waals surface area contributed by atoms with Gasteiger partial charge in [-0.3, -0.25) is 28.9 Å². The Labute approximate surface area is 266 Å². The first-order chi connectivity index (χ1) is 21.4. The second kappa shape index (κ2) is 17.1. The largest absolute Gasteiger partial charge is 0.491 e. The van der Waals surface area contributed by atoms with Crippen molar-refractivity contribution >= 4 is 29.5 Å². The molecule has 1 fully saturated rings. The molecule has 0 saturated carbocycles. The topological polar surface area (TPSA) is 158 Å². The molecule has 0 aliphatic carbocycles. The van der Waals surface area contributed by atoms with E-state index in [0.717, 1.165) is 13.1 Å². The SMILES string of the molecule is CC(C)C[C@H]1C(=O)N[C@H](C(C)C)C(=O)N[C@@H](C)COc2ccccc2C(=O)N[C@H](C(=O)NCCN2CCOCC2)CC(=O)N1C. The Morgan fingerprint density at radius 3 is 2.36 bits per heavy atom. The molecule has 4 N–H and O–H groups in total. The summed E-state index contributed by atoms with van der Waals surface area (Å²) >= 11 is 0. The zero-order valence-electron chi connectivity index (χ0n) is 27.4. The van der Waals surface area contributed by atoms with Crippen molar-refractivity contribution in [1.82, 2.24) is 31.1 Å². The van der Waals surface area contributed by atoms with Crippen LogP contribution in [-0.4, -0.2) is 117 Å². The smallest absolute Gasteiger partial charge is 0.255 e. The van der Waals surface area contributed by atoms with Gasteiger partial charge in [0.15, 0.2) is 0 Å². The molecule has 2 aliphatic rings. The number of fused-ring (bicyclic) bond motifs is 1. The lowest BCUT2D eigenvalue weighted by molar-refractivity contribution is -0.142. The van der Waals surface area contributed by atoms with Gasteiger partial charge >= 0.3 is 0 Å². The van der Waals surface area contributed by atoms with E-state index in [0.29, 0.717) is 32.7 Å². The van der Waals surface area contributed by atoms with E-state index >= 15 is 0 Å². The van der Waals surface area contributed by atoms with Gasteiger partial charge in [0.1, 0.15) is 30.5 Å². The predicted octanol–water partition coefficient (Wildman–Crippen LogP) is 0.535. The second-order valence-corrected chi connectivity index (χ2v) is 12.6. The molecule has 0 spiro atoms. The van der Waals surface area contributed by atoms with E-state index in [-0.39, 0.29) is 42.1 Å². The van der Waals surface area contributed by atoms with Gasteiger partial charge in [-0.2, -0.15) is 0 Å². The number of nitrogens with one attached hydrogen (secondary N) is 4. The summed E-state index contributed by atoms with van der Waals surface area (Å²) in [6, 6.07) is 3.16. The lowest BCUT2D eigenvalue weighted by Gasteiger charge is -2.32. The quantitative estimate of drug-likeness (QED) is 0.340. The minimum absolute atomic E-state index is 0.0455. The van der Waals surface area contributed by atoms with Crippen molar-refractivity contribution < 1.29 is 33.4 Å². The molecule has 5 amide bonds. The Bertz CT molecular complexity index is 1190. The van der Waals surface area contributed by atoms with E-state index < -0.39 is 47.8 Å². The lowest BCUT2D eigenvalue weighted by Crippen LogP contribution is -2.57. The fraction of sp³-hybridized carbons (Fsp3) is 0.656. The van der Waals surface area contributed by atoms with Crippen LogP contribution in [0.2, 0.25) is 0 Å². The third-order valence-corrected chi connectivity index (χ3v) is 7.95. The highest BCUT2D eigenvalue weighted by molar-refractivity contribution is 6.01. The number of nitrogens with zero attached hydrogens (tertiary/aromatic N) is 2. The molecule has 13 heteroatoms. The molecule has 1 aromatic carbocycles. The molecule has 2 heterocycles. The third kappa shape index (κ3) is 10.7. The number of carbonyl (C=O) groups excluding carboxylic acids is 5. The number of morpholine rings is 1. The van der Waals surface area contributed by atoms with E-state index in [2.05, 4.69) is 26.2 Å². The number of hydrogen-bond acceptors (Lipinski definition) is 8. The highest BCUT2D eigenvalue weighted by atomic mass is 16.5. The lowest BCUT2D eigenvalue weighted by atomic mass is 9.98. The summed E-state index contributed by atoms with van der Waals surface area (Å²) < 4.78 is 11.3. The predicted molar refractivity (Wildman–Crippen MR) is 168 cm³/mol. The summed E-state index contributed by atoms with van der Waals surface area (Å²) in [7, 11) is 1.51. The highest BCUT2D eigenvalue weighted by Crippen LogP contribution is 2.20. The minimum atomic E-state index is -1.21. The van der Waals surface area contributed by atoms with E-state index in [1.165, 1.54) is 11.9 Å². The highest BCUT2D eigenvalue weighted by Gasteiger charge is 2.35. The maximum Gasteiger partial charge on any atom is 0.255 e. The summed E-state index contributed by atoms with van der Waals surface area (Å²) in [6.45, 7) is 13.0. The molecule has 4 atom stereocenters. The summed E-state index contributed by atoms with van der Waals surface area (Å²) in [4.78, 5) is 71.1. The van der Waals surface area contributed by atoms with E-state index in [4.69, 9.17) is 9.47 Å². The molecule has 0 bridgehead atoms. The van der Waals surface area contributed by atoms with Gasteiger partial charge in [0.2, 0.25) is 23.6 Å². The first-order valence-corrected chi connectivity index (χ1v) is 15.8. The van der Waals surface area contributed by atoms with Crippen molar-refractivity contribution in [2.45, 2.75) is 71.6 Å². The first-order valence-electron chi connectivity index (χ1n) is 15.8. The fourth-order valence-electron chi connectivity index (χ4n) is 5.26. The second-order valence-electron chi connectivity index (χ2n) is 12.6. The number of hydrogen-bond donors (Lipinski definition) is 4. The molecule has 0 radical (unpaired) electrons. The van der Waals surface area contributed by atoms with Crippen LogP contribution in [0.4, 0.5) is 0 Å². The molecule has 45 heavy (non-hydrogen) atoms. The van der Waals surface area contributed by atoms with Crippen LogP contribution < -0.4 is 26.0 Å². The third-order valence-electron chi connectivity index (χ3n) is 7.95. The van der Waals surface area contributed by atoms with Crippen LogP contribution in [0.15, 0.2) is 24.3 Å². The van der Waals surface area contributed by atoms with Crippen LogP contribution in [0.25, 0.3) is 0 Å². The van der Waals surface area contributed by atoms with Crippen molar-refractivity contribution in [2.24, 2.45) is 11.8 Å². The average molecular weight is 631 g/mol. The number of ether oxygens (including phenoxy) is 2. The van der Waals surface area contributed by atoms with Crippen molar-refractivity contribution in [2.75, 3.05) is 53.0 Å². The Hall–Kier alpha value is -3.71. The number of rotatable bonds is 7. The molecule has 0 unspecified atom stereocenters. The number of benzene rings is 1. The zero-order valence-corrected chi connectivity index (χ0v) is 27.4. The van der Waals surface area contributed by atoms with Crippen molar-refractivity contribution in [3.63, 3.8) is 0 Å². The molecular formula is C32H50N6O7. The Balaban J connectivity index is 1.92. The zero-order chi connectivity index (χ0) is 33.1. The van der Waals surface area contributed by atoms with Gasteiger partial charge in [0.05, 0.1) is 31.2 Å². The van der Waals surface area contributed by atoms with Crippen LogP contribution in [0.3, 0.4) is 0 Å². The van der Waals surface area contributed by atoms with Crippen LogP contribution in [0, 0.1) is 11.8 Å². The molecule has 0 aromatic heterocycles. The van der Waals surface area contributed by atoms with Gasteiger partial charge in [-0.25, -0.2) is 0 Å². The fourth-order valence-corrected chi connectivity index (χ4v) is 5.26. The van der Waals surface area contributed by atoms with Crippen LogP contribution in [0.1, 0.15) is 57.8 Å². The summed E-state index contributed by atoms with van der Waals surface area (Å²) in [6.07, 6.45) is -0.0391. The van der Waals surface area contributed by atoms with Gasteiger partial charge in [-0.1, -0.05) is 39.8 Å². The summed E-state index contributed by atoms with van der Waals surface area (Å²) in [5, 5.41) is 11.3. The van der Waals surface area contributed by atoms with Crippen LogP contribution in [-0.2, 0) is 23.9 Å². The summed E-state index contributed by atoms with van der Waals surface area (Å²) in [5.41, 5.74) is 0.182. The Morgan fingerprint density at radius 1 is 1.00 bits per heavy atom. The first kappa shape index (κ1) is 35.8. The van der Waals surface area contributed by atoms with Crippen molar-refractivity contribution in [1.29, 1.82) is 0 Å². The van der Waals surface area contributed by atoms with E-state index in [1.54, 1.807) is 31.2 Å². The molecule has 250 valence electrons. The molecule has 2 aliphatic heterocycles. The number of likely N-dealkylation sites (N-methyl/N-ethyl adjacent to an activating group) is 1. The van der Waals surface area contributed by atoms with E-state index in [9.17, 15) is 24.0 Å². The normalized spacial score (nSPS) is 24.7. The summed E-state index contributed by atoms with van der Waals surface area (Å²) in [5.74, 6) is -2.38. The van der Waals surface area contributed by atoms with Gasteiger partial charge in [0.25, 0.3) is 5.91 Å². The molecular weight excluding hydrogens is 580 g/mol. The van der Waals surface area contributed by atoms with Crippen LogP contribution >= 0.6 is 0 Å². The van der Waals surface area contributed by atoms with E-state index in [1.807, 2.05) is 27.7 Å². The average Bonchev–Trinajstić information content (AvgIpc) is 3.00. The van der Waals surface area contributed by atoms with Gasteiger partial charge in [-0.15, -0.1) is 0 Å². The maximum atomic E-state index is 13.7. The molecule has 3 rings (SSSR count). The molecule has 13 nitrogen and oxygen atoms in total. The monoisotopic (exact) mass is 630 g/mol. The Kier molecular flexibility index (Phi) is 13.6. The van der Waals surface area contributed by atoms with Gasteiger partial charge < -0.3 is 35.6 Å². The Morgan fingerprint density at radius 2 is 1.69 bits per heavy atom. The number of para-hydroxylation sites is 1. The molecule has 1 aromatic rings. The van der Waals surface area contributed by atoms with Crippen LogP contribution in [0.5, 0.6) is 5.75 Å². The standard InChI is InChI=1S/C32H50N6O7/c1-20(2)17-25-31(42)36-28(21(3)4)32(43)34-22(5)19-45-26-10-8-7-9-23(26)29(40)35-24(18-27(39)37(25)6)30(41)33-11-12-38-13-15-44-16-14-38/h7-10,20-22,24-25,28H,11-19H2,1-6H3,(H,33,41)(H,34,43)(H,35,40)(H,36,42)/t22-,24-,25-,28+/m0/s1. The number of amides is 5. The minimum Gasteiger partial charge on any atom is -0.491 e. The molecule has 1 saturated heterocycles. The maximum absolute atomic E-state index is 13.7.